The number of nitrogens with two attached hydrogens (primary N) is 1. The molecule has 30 heavy (non-hydrogen) atoms. The lowest BCUT2D eigenvalue weighted by Crippen LogP contribution is -2.16. The Morgan fingerprint density at radius 2 is 1.80 bits per heavy atom. The molecule has 1 heterocycles. The largest absolute Gasteiger partial charge is 0.418 e. The molecule has 0 spiro atoms. The van der Waals surface area contributed by atoms with Crippen molar-refractivity contribution in [2.45, 2.75) is 37.4 Å². The molecule has 160 valence electrons. The van der Waals surface area contributed by atoms with Gasteiger partial charge in [0.25, 0.3) is 0 Å². The van der Waals surface area contributed by atoms with E-state index in [0.29, 0.717) is 6.07 Å². The second-order valence-corrected chi connectivity index (χ2v) is 8.64. The van der Waals surface area contributed by atoms with Crippen LogP contribution in [-0.2, 0) is 22.7 Å². The summed E-state index contributed by atoms with van der Waals surface area (Å²) in [7, 11) is -4.26. The van der Waals surface area contributed by atoms with E-state index in [9.17, 15) is 21.6 Å². The fraction of sp³-hybridized carbons (Fsp3) is 0.250. The number of sulfonamides is 1. The van der Waals surface area contributed by atoms with Crippen LogP contribution in [0.5, 0.6) is 0 Å². The van der Waals surface area contributed by atoms with Crippen LogP contribution in [0.15, 0.2) is 59.6 Å². The number of alkyl halides is 3. The smallest absolute Gasteiger partial charge is 0.380 e. The molecule has 0 aliphatic rings. The Morgan fingerprint density at radius 3 is 2.37 bits per heavy atom. The Hall–Kier alpha value is -2.85. The van der Waals surface area contributed by atoms with E-state index in [1.54, 1.807) is 10.9 Å². The van der Waals surface area contributed by atoms with Crippen LogP contribution in [0.25, 0.3) is 5.69 Å². The minimum Gasteiger partial charge on any atom is -0.380 e. The quantitative estimate of drug-likeness (QED) is 0.601. The number of nitrogens with one attached hydrogen (secondary N) is 1. The summed E-state index contributed by atoms with van der Waals surface area (Å²) in [5, 5.41) is 12.3. The van der Waals surface area contributed by atoms with Crippen LogP contribution in [0.3, 0.4) is 0 Å². The van der Waals surface area contributed by atoms with E-state index < -0.39 is 26.7 Å². The molecule has 3 N–H and O–H groups in total. The topological polar surface area (TPSA) is 90.0 Å². The molecule has 6 nitrogen and oxygen atoms in total. The Kier molecular flexibility index (Phi) is 5.91. The third-order valence-electron chi connectivity index (χ3n) is 4.48. The van der Waals surface area contributed by atoms with E-state index >= 15 is 0 Å². The van der Waals surface area contributed by atoms with Crippen molar-refractivity contribution in [2.75, 3.05) is 5.32 Å². The van der Waals surface area contributed by atoms with Crippen LogP contribution < -0.4 is 10.5 Å². The zero-order valence-electron chi connectivity index (χ0n) is 16.3. The van der Waals surface area contributed by atoms with Crippen molar-refractivity contribution in [3.8, 4) is 5.69 Å². The van der Waals surface area contributed by atoms with Gasteiger partial charge in [-0.15, -0.1) is 0 Å². The van der Waals surface area contributed by atoms with E-state index in [-0.39, 0.29) is 18.2 Å². The molecule has 10 heteroatoms. The summed E-state index contributed by atoms with van der Waals surface area (Å²) in [6.45, 7) is 3.98. The standard InChI is InChI=1S/C20H21F3N4O2S/c1-13(2)19-14(12-27(26-19)15-6-4-3-5-7-15)11-25-18-9-8-16(30(24,28)29)10-17(18)20(21,22)23/h3-10,12-13,25H,11H2,1-2H3,(H2,24,28,29). The Balaban J connectivity index is 1.94. The lowest BCUT2D eigenvalue weighted by molar-refractivity contribution is -0.137. The van der Waals surface area contributed by atoms with Gasteiger partial charge in [-0.2, -0.15) is 18.3 Å². The van der Waals surface area contributed by atoms with Gasteiger partial charge < -0.3 is 5.32 Å². The summed E-state index contributed by atoms with van der Waals surface area (Å²) < 4.78 is 65.0. The Morgan fingerprint density at radius 1 is 1.13 bits per heavy atom. The van der Waals surface area contributed by atoms with Gasteiger partial charge in [-0.3, -0.25) is 0 Å². The Labute approximate surface area is 172 Å². The van der Waals surface area contributed by atoms with E-state index in [1.165, 1.54) is 0 Å². The highest BCUT2D eigenvalue weighted by molar-refractivity contribution is 7.89. The molecule has 0 radical (unpaired) electrons. The second-order valence-electron chi connectivity index (χ2n) is 7.08. The van der Waals surface area contributed by atoms with Crippen LogP contribution in [0.1, 0.15) is 36.6 Å². The third-order valence-corrected chi connectivity index (χ3v) is 5.40. The highest BCUT2D eigenvalue weighted by Gasteiger charge is 2.34. The van der Waals surface area contributed by atoms with E-state index in [2.05, 4.69) is 10.4 Å². The number of anilines is 1. The maximum atomic E-state index is 13.5. The van der Waals surface area contributed by atoms with Gasteiger partial charge in [-0.25, -0.2) is 18.2 Å². The van der Waals surface area contributed by atoms with E-state index in [1.807, 2.05) is 44.2 Å². The fourth-order valence-corrected chi connectivity index (χ4v) is 3.58. The molecule has 0 bridgehead atoms. The first-order chi connectivity index (χ1) is 14.0. The van der Waals surface area contributed by atoms with E-state index in [4.69, 9.17) is 5.14 Å². The number of para-hydroxylation sites is 1. The molecule has 0 fully saturated rings. The summed E-state index contributed by atoms with van der Waals surface area (Å²) >= 11 is 0. The molecular weight excluding hydrogens is 417 g/mol. The number of aromatic nitrogens is 2. The molecule has 3 aromatic rings. The number of nitrogens with zero attached hydrogens (tertiary/aromatic N) is 2. The minimum atomic E-state index is -4.75. The summed E-state index contributed by atoms with van der Waals surface area (Å²) in [6, 6.07) is 12.0. The van der Waals surface area contributed by atoms with Gasteiger partial charge in [0.15, 0.2) is 0 Å². The normalized spacial score (nSPS) is 12.4. The van der Waals surface area contributed by atoms with Crippen LogP contribution in [0, 0.1) is 0 Å². The number of primary sulfonamides is 1. The average molecular weight is 438 g/mol. The average Bonchev–Trinajstić information content (AvgIpc) is 3.10. The Bertz CT molecular complexity index is 1140. The minimum absolute atomic E-state index is 0.0543. The zero-order valence-corrected chi connectivity index (χ0v) is 17.1. The van der Waals surface area contributed by atoms with Crippen molar-refractivity contribution < 1.29 is 21.6 Å². The molecule has 0 aliphatic heterocycles. The molecule has 0 atom stereocenters. The summed E-state index contributed by atoms with van der Waals surface area (Å²) in [5.74, 6) is 0.0543. The predicted octanol–water partition coefficient (Wildman–Crippen LogP) is 4.27. The maximum Gasteiger partial charge on any atom is 0.418 e. The first-order valence-corrected chi connectivity index (χ1v) is 10.6. The monoisotopic (exact) mass is 438 g/mol. The lowest BCUT2D eigenvalue weighted by Gasteiger charge is -2.16. The molecular formula is C20H21F3N4O2S. The number of halogens is 3. The van der Waals surface area contributed by atoms with Gasteiger partial charge in [-0.1, -0.05) is 32.0 Å². The molecule has 1 aromatic heterocycles. The SMILES string of the molecule is CC(C)c1nn(-c2ccccc2)cc1CNc1ccc(S(N)(=O)=O)cc1C(F)(F)F. The van der Waals surface area contributed by atoms with Crippen molar-refractivity contribution in [3.05, 3.63) is 71.5 Å². The van der Waals surface area contributed by atoms with Crippen LogP contribution >= 0.6 is 0 Å². The second kappa shape index (κ2) is 8.11. The van der Waals surface area contributed by atoms with Crippen molar-refractivity contribution in [3.63, 3.8) is 0 Å². The van der Waals surface area contributed by atoms with Crippen molar-refractivity contribution in [1.29, 1.82) is 0 Å². The van der Waals surface area contributed by atoms with E-state index in [0.717, 1.165) is 29.1 Å². The first-order valence-electron chi connectivity index (χ1n) is 9.08. The highest BCUT2D eigenvalue weighted by atomic mass is 32.2. The molecule has 0 saturated carbocycles. The van der Waals surface area contributed by atoms with Crippen LogP contribution in [-0.4, -0.2) is 18.2 Å². The number of hydrogen-bond acceptors (Lipinski definition) is 4. The molecule has 0 saturated heterocycles. The van der Waals surface area contributed by atoms with Gasteiger partial charge in [0, 0.05) is 24.0 Å². The fourth-order valence-electron chi connectivity index (χ4n) is 3.04. The maximum absolute atomic E-state index is 13.5. The first kappa shape index (κ1) is 21.8. The number of rotatable bonds is 6. The predicted molar refractivity (Wildman–Crippen MR) is 108 cm³/mol. The lowest BCUT2D eigenvalue weighted by atomic mass is 10.1. The molecule has 0 unspecified atom stereocenters. The molecule has 2 aromatic carbocycles. The summed E-state index contributed by atoms with van der Waals surface area (Å²) in [6.07, 6.45) is -2.98. The summed E-state index contributed by atoms with van der Waals surface area (Å²) in [5.41, 5.74) is 0.977. The van der Waals surface area contributed by atoms with Gasteiger partial charge in [0.2, 0.25) is 10.0 Å². The van der Waals surface area contributed by atoms with Crippen LogP contribution in [0.4, 0.5) is 18.9 Å². The van der Waals surface area contributed by atoms with Crippen LogP contribution in [0.2, 0.25) is 0 Å². The van der Waals surface area contributed by atoms with Gasteiger partial charge in [0.1, 0.15) is 0 Å². The van der Waals surface area contributed by atoms with Gasteiger partial charge in [0.05, 0.1) is 21.8 Å². The third kappa shape index (κ3) is 4.82. The molecule has 0 aliphatic carbocycles. The van der Waals surface area contributed by atoms with Crippen molar-refractivity contribution in [2.24, 2.45) is 5.14 Å². The van der Waals surface area contributed by atoms with Crippen molar-refractivity contribution in [1.82, 2.24) is 9.78 Å². The highest BCUT2D eigenvalue weighted by Crippen LogP contribution is 2.36. The zero-order chi connectivity index (χ0) is 22.1. The summed E-state index contributed by atoms with van der Waals surface area (Å²) in [4.78, 5) is -0.597. The molecule has 0 amide bonds. The van der Waals surface area contributed by atoms with Crippen molar-refractivity contribution >= 4 is 15.7 Å². The van der Waals surface area contributed by atoms with Gasteiger partial charge in [-0.05, 0) is 36.2 Å². The molecule has 3 rings (SSSR count). The number of benzene rings is 2. The number of hydrogen-bond donors (Lipinski definition) is 2. The van der Waals surface area contributed by atoms with Gasteiger partial charge >= 0.3 is 6.18 Å².